The van der Waals surface area contributed by atoms with Crippen molar-refractivity contribution >= 4 is 46.6 Å². The van der Waals surface area contributed by atoms with Gasteiger partial charge < -0.3 is 9.47 Å². The fraction of sp³-hybridized carbons (Fsp3) is 0.207. The molecule has 0 saturated carbocycles. The first-order valence-electron chi connectivity index (χ1n) is 12.1. The lowest BCUT2D eigenvalue weighted by Gasteiger charge is -2.27. The molecule has 0 N–H and O–H groups in total. The van der Waals surface area contributed by atoms with E-state index in [0.717, 1.165) is 4.90 Å². The van der Waals surface area contributed by atoms with Crippen LogP contribution in [0.2, 0.25) is 5.02 Å². The monoisotopic (exact) mass is 529 g/mol. The van der Waals surface area contributed by atoms with Gasteiger partial charge in [-0.3, -0.25) is 19.2 Å². The highest BCUT2D eigenvalue weighted by Gasteiger charge is 2.74. The van der Waals surface area contributed by atoms with E-state index in [1.807, 2.05) is 0 Å². The molecular weight excluding hydrogens is 510 g/mol. The predicted octanol–water partition coefficient (Wildman–Crippen LogP) is 4.21. The first-order valence-corrected chi connectivity index (χ1v) is 12.4. The van der Waals surface area contributed by atoms with Crippen LogP contribution in [0, 0.1) is 11.8 Å². The molecule has 1 aliphatic carbocycles. The number of Topliss-reactive ketones (excluding diaryl/α,β-unsaturated/α-hetero) is 2. The van der Waals surface area contributed by atoms with Crippen molar-refractivity contribution in [2.75, 3.05) is 11.5 Å². The van der Waals surface area contributed by atoms with Gasteiger partial charge in [-0.1, -0.05) is 60.1 Å². The van der Waals surface area contributed by atoms with Crippen LogP contribution in [0.15, 0.2) is 72.8 Å². The molecule has 3 aliphatic rings. The Morgan fingerprint density at radius 3 is 2.11 bits per heavy atom. The topological polar surface area (TPSA) is 107 Å². The zero-order valence-corrected chi connectivity index (χ0v) is 20.8. The number of hydrogen-bond donors (Lipinski definition) is 0. The van der Waals surface area contributed by atoms with Crippen molar-refractivity contribution in [2.24, 2.45) is 11.8 Å². The van der Waals surface area contributed by atoms with Gasteiger partial charge in [-0.25, -0.2) is 9.69 Å². The van der Waals surface area contributed by atoms with E-state index in [2.05, 4.69) is 0 Å². The molecule has 0 radical (unpaired) electrons. The van der Waals surface area contributed by atoms with Crippen molar-refractivity contribution in [1.82, 2.24) is 0 Å². The molecule has 0 bridgehead atoms. The summed E-state index contributed by atoms with van der Waals surface area (Å²) < 4.78 is 11.3. The molecule has 8 nitrogen and oxygen atoms in total. The van der Waals surface area contributed by atoms with Gasteiger partial charge in [0, 0.05) is 11.1 Å². The molecule has 2 aliphatic heterocycles. The Labute approximate surface area is 222 Å². The van der Waals surface area contributed by atoms with Gasteiger partial charge in [0.15, 0.2) is 0 Å². The molecule has 2 saturated heterocycles. The number of amides is 2. The molecule has 6 rings (SSSR count). The standard InChI is InChI=1S/C29H20ClNO7/c1-2-37-28(36)16-13-11-15(12-14-16)23-21-22(27(35)31(26(21)34)20-10-6-5-9-19(20)30)29(38-23)24(32)17-7-3-4-8-18(17)25(29)33/h3-14,21-23H,2H2,1H3. The minimum atomic E-state index is -2.19. The number of hydrogen-bond acceptors (Lipinski definition) is 7. The predicted molar refractivity (Wildman–Crippen MR) is 135 cm³/mol. The van der Waals surface area contributed by atoms with E-state index in [9.17, 15) is 24.0 Å². The minimum absolute atomic E-state index is 0.144. The molecule has 3 unspecified atom stereocenters. The van der Waals surface area contributed by atoms with E-state index < -0.39 is 52.9 Å². The molecule has 1 spiro atoms. The smallest absolute Gasteiger partial charge is 0.338 e. The van der Waals surface area contributed by atoms with Crippen LogP contribution in [-0.2, 0) is 19.1 Å². The lowest BCUT2D eigenvalue weighted by atomic mass is 9.77. The van der Waals surface area contributed by atoms with E-state index in [-0.39, 0.29) is 34.0 Å². The third-order valence-electron chi connectivity index (χ3n) is 7.36. The first kappa shape index (κ1) is 24.2. The number of ether oxygens (including phenoxy) is 2. The SMILES string of the molecule is CCOC(=O)c1ccc(C2OC3(C(=O)c4ccccc4C3=O)C3C(=O)N(c4ccccc4Cl)C(=O)C23)cc1. The van der Waals surface area contributed by atoms with E-state index in [1.54, 1.807) is 49.4 Å². The molecule has 9 heteroatoms. The fourth-order valence-corrected chi connectivity index (χ4v) is 5.93. The number of imide groups is 1. The maximum absolute atomic E-state index is 13.9. The third kappa shape index (κ3) is 3.17. The van der Waals surface area contributed by atoms with Gasteiger partial charge in [-0.05, 0) is 36.8 Å². The molecule has 3 aromatic carbocycles. The Bertz CT molecular complexity index is 1510. The lowest BCUT2D eigenvalue weighted by molar-refractivity contribution is -0.127. The summed E-state index contributed by atoms with van der Waals surface area (Å²) in [4.78, 5) is 68.6. The molecule has 2 amide bonds. The number of fused-ring (bicyclic) bond motifs is 3. The number of esters is 1. The van der Waals surface area contributed by atoms with Crippen molar-refractivity contribution in [3.05, 3.63) is 100 Å². The Morgan fingerprint density at radius 1 is 0.895 bits per heavy atom. The zero-order chi connectivity index (χ0) is 26.8. The average Bonchev–Trinajstić information content (AvgIpc) is 3.49. The molecule has 0 aromatic heterocycles. The van der Waals surface area contributed by atoms with Crippen molar-refractivity contribution < 1.29 is 33.4 Å². The number of rotatable bonds is 4. The summed E-state index contributed by atoms with van der Waals surface area (Å²) in [6.45, 7) is 1.90. The van der Waals surface area contributed by atoms with Crippen LogP contribution in [0.5, 0.6) is 0 Å². The van der Waals surface area contributed by atoms with Gasteiger partial charge in [-0.2, -0.15) is 0 Å². The number of para-hydroxylation sites is 1. The van der Waals surface area contributed by atoms with Crippen LogP contribution in [0.25, 0.3) is 0 Å². The van der Waals surface area contributed by atoms with E-state index in [1.165, 1.54) is 30.3 Å². The van der Waals surface area contributed by atoms with E-state index in [4.69, 9.17) is 21.1 Å². The van der Waals surface area contributed by atoms with Gasteiger partial charge in [0.2, 0.25) is 29.0 Å². The maximum Gasteiger partial charge on any atom is 0.338 e. The summed E-state index contributed by atoms with van der Waals surface area (Å²) in [6, 6.07) is 18.8. The third-order valence-corrected chi connectivity index (χ3v) is 7.68. The highest BCUT2D eigenvalue weighted by molar-refractivity contribution is 6.39. The number of benzene rings is 3. The van der Waals surface area contributed by atoms with Crippen molar-refractivity contribution in [2.45, 2.75) is 18.6 Å². The second kappa shape index (κ2) is 8.72. The van der Waals surface area contributed by atoms with Gasteiger partial charge in [0.25, 0.3) is 0 Å². The number of ketones is 2. The Hall–Kier alpha value is -4.14. The van der Waals surface area contributed by atoms with Crippen LogP contribution in [0.4, 0.5) is 5.69 Å². The van der Waals surface area contributed by atoms with Crippen LogP contribution in [0.1, 0.15) is 49.7 Å². The van der Waals surface area contributed by atoms with Gasteiger partial charge >= 0.3 is 5.97 Å². The van der Waals surface area contributed by atoms with Crippen LogP contribution in [-0.4, -0.2) is 41.6 Å². The summed E-state index contributed by atoms with van der Waals surface area (Å²) in [6.07, 6.45) is -1.11. The normalized spacial score (nSPS) is 23.2. The van der Waals surface area contributed by atoms with E-state index in [0.29, 0.717) is 5.56 Å². The molecule has 38 heavy (non-hydrogen) atoms. The van der Waals surface area contributed by atoms with E-state index >= 15 is 0 Å². The average molecular weight is 530 g/mol. The van der Waals surface area contributed by atoms with Crippen LogP contribution < -0.4 is 4.90 Å². The summed E-state index contributed by atoms with van der Waals surface area (Å²) in [5.74, 6) is -5.74. The quantitative estimate of drug-likeness (QED) is 0.283. The second-order valence-electron chi connectivity index (χ2n) is 9.29. The summed E-state index contributed by atoms with van der Waals surface area (Å²) in [7, 11) is 0. The molecule has 2 heterocycles. The number of nitrogens with zero attached hydrogens (tertiary/aromatic N) is 1. The molecule has 3 atom stereocenters. The summed E-state index contributed by atoms with van der Waals surface area (Å²) in [5, 5.41) is 0.173. The van der Waals surface area contributed by atoms with Gasteiger partial charge in [-0.15, -0.1) is 0 Å². The van der Waals surface area contributed by atoms with Crippen molar-refractivity contribution in [3.8, 4) is 0 Å². The van der Waals surface area contributed by atoms with Crippen molar-refractivity contribution in [3.63, 3.8) is 0 Å². The Kier molecular flexibility index (Phi) is 5.55. The number of halogens is 1. The summed E-state index contributed by atoms with van der Waals surface area (Å²) in [5.41, 5.74) is -1.02. The highest BCUT2D eigenvalue weighted by Crippen LogP contribution is 2.58. The Balaban J connectivity index is 1.50. The largest absolute Gasteiger partial charge is 0.462 e. The van der Waals surface area contributed by atoms with Gasteiger partial charge in [0.1, 0.15) is 0 Å². The lowest BCUT2D eigenvalue weighted by Crippen LogP contribution is -2.51. The first-order chi connectivity index (χ1) is 18.3. The van der Waals surface area contributed by atoms with Crippen LogP contribution >= 0.6 is 11.6 Å². The van der Waals surface area contributed by atoms with Gasteiger partial charge in [0.05, 0.1) is 40.8 Å². The molecular formula is C29H20ClNO7. The Morgan fingerprint density at radius 2 is 1.50 bits per heavy atom. The zero-order valence-electron chi connectivity index (χ0n) is 20.1. The molecule has 190 valence electrons. The fourth-order valence-electron chi connectivity index (χ4n) is 5.71. The summed E-state index contributed by atoms with van der Waals surface area (Å²) >= 11 is 6.34. The molecule has 3 aromatic rings. The number of carbonyl (C=O) groups excluding carboxylic acids is 5. The maximum atomic E-state index is 13.9. The minimum Gasteiger partial charge on any atom is -0.462 e. The number of anilines is 1. The van der Waals surface area contributed by atoms with Crippen molar-refractivity contribution in [1.29, 1.82) is 0 Å². The number of carbonyl (C=O) groups is 5. The second-order valence-corrected chi connectivity index (χ2v) is 9.69. The van der Waals surface area contributed by atoms with Crippen LogP contribution in [0.3, 0.4) is 0 Å². The molecule has 2 fully saturated rings. The highest BCUT2D eigenvalue weighted by atomic mass is 35.5.